The lowest BCUT2D eigenvalue weighted by Gasteiger charge is -2.41. The van der Waals surface area contributed by atoms with Crippen molar-refractivity contribution in [1.82, 2.24) is 9.80 Å². The molecule has 0 bridgehead atoms. The highest BCUT2D eigenvalue weighted by Gasteiger charge is 2.36. The summed E-state index contributed by atoms with van der Waals surface area (Å²) in [5, 5.41) is 0. The van der Waals surface area contributed by atoms with Gasteiger partial charge in [-0.25, -0.2) is 9.18 Å². The van der Waals surface area contributed by atoms with Gasteiger partial charge in [0.1, 0.15) is 17.2 Å². The smallest absolute Gasteiger partial charge is 0.410 e. The minimum absolute atomic E-state index is 0.230. The van der Waals surface area contributed by atoms with E-state index in [1.54, 1.807) is 41.0 Å². The molecule has 2 atom stereocenters. The maximum absolute atomic E-state index is 14.3. The molecular formula is C25H30FIN2O4. The monoisotopic (exact) mass is 568 g/mol. The van der Waals surface area contributed by atoms with Gasteiger partial charge in [0, 0.05) is 34.8 Å². The van der Waals surface area contributed by atoms with E-state index in [4.69, 9.17) is 9.47 Å². The van der Waals surface area contributed by atoms with Gasteiger partial charge in [-0.3, -0.25) is 4.79 Å². The molecule has 2 aromatic rings. The Kier molecular flexibility index (Phi) is 7.87. The lowest BCUT2D eigenvalue weighted by Crippen LogP contribution is -2.57. The highest BCUT2D eigenvalue weighted by Crippen LogP contribution is 2.27. The van der Waals surface area contributed by atoms with Gasteiger partial charge < -0.3 is 19.3 Å². The molecule has 1 saturated heterocycles. The molecule has 33 heavy (non-hydrogen) atoms. The van der Waals surface area contributed by atoms with Gasteiger partial charge in [0.15, 0.2) is 0 Å². The van der Waals surface area contributed by atoms with Gasteiger partial charge in [-0.2, -0.15) is 0 Å². The summed E-state index contributed by atoms with van der Waals surface area (Å²) < 4.78 is 26.9. The summed E-state index contributed by atoms with van der Waals surface area (Å²) in [6.45, 7) is 10.0. The summed E-state index contributed by atoms with van der Waals surface area (Å²) in [5.41, 5.74) is 0.355. The molecule has 0 saturated carbocycles. The first-order valence-electron chi connectivity index (χ1n) is 10.9. The van der Waals surface area contributed by atoms with Crippen molar-refractivity contribution in [2.75, 3.05) is 19.6 Å². The summed E-state index contributed by atoms with van der Waals surface area (Å²) in [6.07, 6.45) is -1.39. The summed E-state index contributed by atoms with van der Waals surface area (Å²) in [6, 6.07) is 11.8. The van der Waals surface area contributed by atoms with Gasteiger partial charge in [-0.1, -0.05) is 12.1 Å². The standard InChI is InChI=1S/C25H30FIN2O4/c1-16-6-7-18(14-21(16)26)22(32-20-10-8-19(27)9-11-20)23(30)28-12-13-29(17(2)15-28)24(31)33-25(3,4)5/h6-11,14,17,22H,12-13,15H2,1-5H3/t17-,22+/m1/s1. The van der Waals surface area contributed by atoms with E-state index in [2.05, 4.69) is 22.6 Å². The quantitative estimate of drug-likeness (QED) is 0.469. The third-order valence-corrected chi connectivity index (χ3v) is 6.08. The summed E-state index contributed by atoms with van der Waals surface area (Å²) in [5.74, 6) is -0.137. The van der Waals surface area contributed by atoms with Crippen LogP contribution < -0.4 is 4.74 Å². The number of ether oxygens (including phenoxy) is 2. The average Bonchev–Trinajstić information content (AvgIpc) is 2.73. The van der Waals surface area contributed by atoms with E-state index in [1.165, 1.54) is 6.07 Å². The van der Waals surface area contributed by atoms with Crippen molar-refractivity contribution in [3.05, 3.63) is 63.0 Å². The predicted octanol–water partition coefficient (Wildman–Crippen LogP) is 5.33. The van der Waals surface area contributed by atoms with Gasteiger partial charge in [0.25, 0.3) is 5.91 Å². The second kappa shape index (κ2) is 10.3. The number of hydrogen-bond donors (Lipinski definition) is 0. The first kappa shape index (κ1) is 25.3. The molecule has 1 aliphatic heterocycles. The molecule has 3 rings (SSSR count). The predicted molar refractivity (Wildman–Crippen MR) is 133 cm³/mol. The molecule has 0 aliphatic carbocycles. The van der Waals surface area contributed by atoms with Crippen molar-refractivity contribution in [1.29, 1.82) is 0 Å². The average molecular weight is 568 g/mol. The molecule has 1 aliphatic rings. The van der Waals surface area contributed by atoms with Gasteiger partial charge in [0.05, 0.1) is 0 Å². The number of rotatable bonds is 4. The number of piperazine rings is 1. The van der Waals surface area contributed by atoms with Crippen LogP contribution in [0.15, 0.2) is 42.5 Å². The normalized spacial score (nSPS) is 17.5. The largest absolute Gasteiger partial charge is 0.476 e. The van der Waals surface area contributed by atoms with Crippen LogP contribution in [0.25, 0.3) is 0 Å². The van der Waals surface area contributed by atoms with Crippen LogP contribution in [0, 0.1) is 16.3 Å². The van der Waals surface area contributed by atoms with E-state index in [1.807, 2.05) is 39.8 Å². The number of amides is 2. The van der Waals surface area contributed by atoms with Gasteiger partial charge in [-0.15, -0.1) is 0 Å². The molecule has 0 N–H and O–H groups in total. The minimum atomic E-state index is -1.000. The molecule has 6 nitrogen and oxygen atoms in total. The Morgan fingerprint density at radius 3 is 2.36 bits per heavy atom. The highest BCUT2D eigenvalue weighted by atomic mass is 127. The zero-order chi connectivity index (χ0) is 24.3. The van der Waals surface area contributed by atoms with E-state index < -0.39 is 17.8 Å². The Balaban J connectivity index is 1.80. The third kappa shape index (κ3) is 6.59. The lowest BCUT2D eigenvalue weighted by molar-refractivity contribution is -0.142. The fourth-order valence-corrected chi connectivity index (χ4v) is 3.96. The van der Waals surface area contributed by atoms with Gasteiger partial charge in [0.2, 0.25) is 6.10 Å². The van der Waals surface area contributed by atoms with E-state index in [-0.39, 0.29) is 17.8 Å². The van der Waals surface area contributed by atoms with Crippen LogP contribution in [-0.4, -0.2) is 53.1 Å². The molecule has 1 fully saturated rings. The fourth-order valence-electron chi connectivity index (χ4n) is 3.60. The molecular weight excluding hydrogens is 538 g/mol. The Bertz CT molecular complexity index is 1010. The summed E-state index contributed by atoms with van der Waals surface area (Å²) in [4.78, 5) is 29.4. The van der Waals surface area contributed by atoms with Crippen LogP contribution in [0.2, 0.25) is 0 Å². The molecule has 0 spiro atoms. The van der Waals surface area contributed by atoms with Gasteiger partial charge in [-0.05, 0) is 93.1 Å². The highest BCUT2D eigenvalue weighted by molar-refractivity contribution is 14.1. The second-order valence-corrected chi connectivity index (χ2v) is 10.5. The number of carbonyl (C=O) groups excluding carboxylic acids is 2. The maximum Gasteiger partial charge on any atom is 0.410 e. The number of hydrogen-bond acceptors (Lipinski definition) is 4. The van der Waals surface area contributed by atoms with Crippen molar-refractivity contribution >= 4 is 34.6 Å². The Hall–Kier alpha value is -2.36. The molecule has 2 aromatic carbocycles. The van der Waals surface area contributed by atoms with E-state index in [0.717, 1.165) is 3.57 Å². The molecule has 1 heterocycles. The van der Waals surface area contributed by atoms with Crippen molar-refractivity contribution in [2.45, 2.75) is 52.4 Å². The zero-order valence-corrected chi connectivity index (χ0v) is 21.8. The molecule has 0 unspecified atom stereocenters. The zero-order valence-electron chi connectivity index (χ0n) is 19.6. The van der Waals surface area contributed by atoms with Crippen LogP contribution in [-0.2, 0) is 9.53 Å². The van der Waals surface area contributed by atoms with Crippen LogP contribution in [0.4, 0.5) is 9.18 Å². The molecule has 0 radical (unpaired) electrons. The van der Waals surface area contributed by atoms with Crippen molar-refractivity contribution in [3.63, 3.8) is 0 Å². The van der Waals surface area contributed by atoms with E-state index in [0.29, 0.717) is 36.5 Å². The first-order chi connectivity index (χ1) is 15.4. The van der Waals surface area contributed by atoms with Crippen molar-refractivity contribution in [3.8, 4) is 5.75 Å². The second-order valence-electron chi connectivity index (χ2n) is 9.27. The number of aryl methyl sites for hydroxylation is 1. The summed E-state index contributed by atoms with van der Waals surface area (Å²) >= 11 is 2.19. The third-order valence-electron chi connectivity index (χ3n) is 5.36. The van der Waals surface area contributed by atoms with E-state index in [9.17, 15) is 14.0 Å². The number of carbonyl (C=O) groups is 2. The van der Waals surface area contributed by atoms with Crippen LogP contribution in [0.5, 0.6) is 5.75 Å². The van der Waals surface area contributed by atoms with Gasteiger partial charge >= 0.3 is 6.09 Å². The minimum Gasteiger partial charge on any atom is -0.476 e. The number of halogens is 2. The molecule has 0 aromatic heterocycles. The maximum atomic E-state index is 14.3. The lowest BCUT2D eigenvalue weighted by atomic mass is 10.0. The molecule has 8 heteroatoms. The first-order valence-corrected chi connectivity index (χ1v) is 12.0. The number of benzene rings is 2. The topological polar surface area (TPSA) is 59.1 Å². The van der Waals surface area contributed by atoms with Crippen LogP contribution in [0.3, 0.4) is 0 Å². The SMILES string of the molecule is Cc1ccc([C@H](Oc2ccc(I)cc2)C(=O)N2CCN(C(=O)OC(C)(C)C)[C@H](C)C2)cc1F. The molecule has 178 valence electrons. The van der Waals surface area contributed by atoms with Crippen LogP contribution >= 0.6 is 22.6 Å². The van der Waals surface area contributed by atoms with Crippen molar-refractivity contribution in [2.24, 2.45) is 0 Å². The number of nitrogens with zero attached hydrogens (tertiary/aromatic N) is 2. The Labute approximate surface area is 208 Å². The van der Waals surface area contributed by atoms with Crippen molar-refractivity contribution < 1.29 is 23.5 Å². The Morgan fingerprint density at radius 2 is 1.79 bits per heavy atom. The van der Waals surface area contributed by atoms with E-state index >= 15 is 0 Å². The van der Waals surface area contributed by atoms with Crippen LogP contribution in [0.1, 0.15) is 44.9 Å². The molecule has 2 amide bonds. The Morgan fingerprint density at radius 1 is 1.12 bits per heavy atom. The summed E-state index contributed by atoms with van der Waals surface area (Å²) in [7, 11) is 0. The fraction of sp³-hybridized carbons (Fsp3) is 0.440.